The Labute approximate surface area is 172 Å². The third kappa shape index (κ3) is 6.21. The summed E-state index contributed by atoms with van der Waals surface area (Å²) in [5.41, 5.74) is 3.03. The fourth-order valence-corrected chi connectivity index (χ4v) is 3.46. The van der Waals surface area contributed by atoms with Gasteiger partial charge >= 0.3 is 5.97 Å². The molecule has 1 fully saturated rings. The van der Waals surface area contributed by atoms with Crippen LogP contribution in [0.3, 0.4) is 0 Å². The topological polar surface area (TPSA) is 62.2 Å². The van der Waals surface area contributed by atoms with Crippen LogP contribution in [0.5, 0.6) is 5.75 Å². The van der Waals surface area contributed by atoms with Crippen molar-refractivity contribution in [3.63, 3.8) is 0 Å². The van der Waals surface area contributed by atoms with Gasteiger partial charge in [-0.15, -0.1) is 0 Å². The molecule has 1 atom stereocenters. The van der Waals surface area contributed by atoms with Gasteiger partial charge in [0, 0.05) is 38.4 Å². The average molecular weight is 399 g/mol. The molecule has 1 unspecified atom stereocenters. The van der Waals surface area contributed by atoms with Gasteiger partial charge in [0.2, 0.25) is 0 Å². The predicted molar refractivity (Wildman–Crippen MR) is 114 cm³/mol. The van der Waals surface area contributed by atoms with E-state index in [1.165, 1.54) is 11.3 Å². The lowest BCUT2D eigenvalue weighted by Gasteiger charge is -2.37. The van der Waals surface area contributed by atoms with E-state index >= 15 is 0 Å². The van der Waals surface area contributed by atoms with Gasteiger partial charge in [0.25, 0.3) is 0 Å². The number of β-amino-alcohol motifs (C(OH)–C–C–N with tert-alkyl or cyclic N) is 1. The molecule has 0 aromatic heterocycles. The Morgan fingerprint density at radius 3 is 2.48 bits per heavy atom. The van der Waals surface area contributed by atoms with Crippen molar-refractivity contribution >= 4 is 11.7 Å². The van der Waals surface area contributed by atoms with Crippen molar-refractivity contribution < 1.29 is 19.4 Å². The summed E-state index contributed by atoms with van der Waals surface area (Å²) in [7, 11) is 0. The van der Waals surface area contributed by atoms with E-state index in [9.17, 15) is 9.90 Å². The largest absolute Gasteiger partial charge is 0.491 e. The summed E-state index contributed by atoms with van der Waals surface area (Å²) >= 11 is 0. The quantitative estimate of drug-likeness (QED) is 0.690. The molecule has 0 spiro atoms. The van der Waals surface area contributed by atoms with Gasteiger partial charge in [-0.3, -0.25) is 4.90 Å². The molecule has 0 bridgehead atoms. The van der Waals surface area contributed by atoms with Crippen molar-refractivity contribution in [2.45, 2.75) is 20.0 Å². The Morgan fingerprint density at radius 2 is 1.83 bits per heavy atom. The maximum absolute atomic E-state index is 11.7. The number of rotatable bonds is 8. The van der Waals surface area contributed by atoms with E-state index in [0.717, 1.165) is 26.2 Å². The zero-order valence-electron chi connectivity index (χ0n) is 17.2. The number of aryl methyl sites for hydroxylation is 1. The van der Waals surface area contributed by atoms with Crippen LogP contribution in [0.1, 0.15) is 22.8 Å². The van der Waals surface area contributed by atoms with E-state index in [0.29, 0.717) is 24.5 Å². The lowest BCUT2D eigenvalue weighted by atomic mass is 10.2. The molecule has 2 aromatic rings. The van der Waals surface area contributed by atoms with E-state index in [4.69, 9.17) is 9.47 Å². The lowest BCUT2D eigenvalue weighted by Crippen LogP contribution is -2.49. The minimum Gasteiger partial charge on any atom is -0.491 e. The molecule has 156 valence electrons. The van der Waals surface area contributed by atoms with Crippen molar-refractivity contribution in [1.82, 2.24) is 4.90 Å². The van der Waals surface area contributed by atoms with Gasteiger partial charge in [-0.05, 0) is 55.8 Å². The van der Waals surface area contributed by atoms with Gasteiger partial charge < -0.3 is 19.5 Å². The number of anilines is 1. The number of benzene rings is 2. The Hall–Kier alpha value is -2.57. The smallest absolute Gasteiger partial charge is 0.338 e. The number of hydrogen-bond donors (Lipinski definition) is 1. The Kier molecular flexibility index (Phi) is 7.49. The Balaban J connectivity index is 1.40. The summed E-state index contributed by atoms with van der Waals surface area (Å²) < 4.78 is 10.6. The van der Waals surface area contributed by atoms with Crippen LogP contribution in [0.15, 0.2) is 48.5 Å². The molecule has 1 aliphatic heterocycles. The molecular formula is C23H30N2O4. The second-order valence-electron chi connectivity index (χ2n) is 7.34. The molecule has 1 N–H and O–H groups in total. The number of piperazine rings is 1. The monoisotopic (exact) mass is 398 g/mol. The van der Waals surface area contributed by atoms with Crippen LogP contribution in [0.25, 0.3) is 0 Å². The molecule has 0 radical (unpaired) electrons. The number of aliphatic hydroxyl groups is 1. The first-order chi connectivity index (χ1) is 14.0. The normalized spacial score (nSPS) is 15.8. The zero-order chi connectivity index (χ0) is 20.6. The van der Waals surface area contributed by atoms with E-state index < -0.39 is 6.10 Å². The Bertz CT molecular complexity index is 786. The van der Waals surface area contributed by atoms with Crippen LogP contribution in [0.2, 0.25) is 0 Å². The van der Waals surface area contributed by atoms with E-state index in [1.54, 1.807) is 31.2 Å². The molecule has 0 amide bonds. The first-order valence-electron chi connectivity index (χ1n) is 10.2. The minimum atomic E-state index is -0.565. The van der Waals surface area contributed by atoms with E-state index in [-0.39, 0.29) is 12.6 Å². The molecule has 6 nitrogen and oxygen atoms in total. The summed E-state index contributed by atoms with van der Waals surface area (Å²) in [6.07, 6.45) is -0.565. The van der Waals surface area contributed by atoms with Crippen molar-refractivity contribution in [2.24, 2.45) is 0 Å². The van der Waals surface area contributed by atoms with Crippen LogP contribution < -0.4 is 9.64 Å². The molecule has 1 aliphatic rings. The highest BCUT2D eigenvalue weighted by Crippen LogP contribution is 2.18. The molecule has 29 heavy (non-hydrogen) atoms. The molecule has 2 aromatic carbocycles. The number of esters is 1. The maximum Gasteiger partial charge on any atom is 0.338 e. The summed E-state index contributed by atoms with van der Waals surface area (Å²) in [4.78, 5) is 16.3. The second-order valence-corrected chi connectivity index (χ2v) is 7.34. The zero-order valence-corrected chi connectivity index (χ0v) is 17.2. The Morgan fingerprint density at radius 1 is 1.10 bits per heavy atom. The van der Waals surface area contributed by atoms with Crippen molar-refractivity contribution in [3.05, 3.63) is 59.7 Å². The van der Waals surface area contributed by atoms with Crippen LogP contribution in [-0.4, -0.2) is 68.0 Å². The number of carbonyl (C=O) groups is 1. The molecule has 0 aliphatic carbocycles. The first kappa shape index (κ1) is 21.1. The molecular weight excluding hydrogens is 368 g/mol. The van der Waals surface area contributed by atoms with Crippen LogP contribution in [0.4, 0.5) is 5.69 Å². The highest BCUT2D eigenvalue weighted by molar-refractivity contribution is 5.89. The maximum atomic E-state index is 11.7. The summed E-state index contributed by atoms with van der Waals surface area (Å²) in [6, 6.07) is 15.4. The van der Waals surface area contributed by atoms with Gasteiger partial charge in [0.05, 0.1) is 12.2 Å². The number of carbonyl (C=O) groups excluding carboxylic acids is 1. The third-order valence-corrected chi connectivity index (χ3v) is 5.02. The van der Waals surface area contributed by atoms with Crippen LogP contribution in [-0.2, 0) is 4.74 Å². The van der Waals surface area contributed by atoms with Crippen LogP contribution in [0, 0.1) is 6.92 Å². The highest BCUT2D eigenvalue weighted by atomic mass is 16.5. The molecule has 1 saturated heterocycles. The summed E-state index contributed by atoms with van der Waals surface area (Å²) in [6.45, 7) is 8.78. The summed E-state index contributed by atoms with van der Waals surface area (Å²) in [5.74, 6) is 0.283. The van der Waals surface area contributed by atoms with Crippen LogP contribution >= 0.6 is 0 Å². The van der Waals surface area contributed by atoms with Crippen molar-refractivity contribution in [1.29, 1.82) is 0 Å². The second kappa shape index (κ2) is 10.3. The molecule has 1 heterocycles. The van der Waals surface area contributed by atoms with Crippen molar-refractivity contribution in [2.75, 3.05) is 50.8 Å². The SMILES string of the molecule is CCOC(=O)c1ccc(OCC(O)CN2CCN(c3cccc(C)c3)CC2)cc1. The van der Waals surface area contributed by atoms with Gasteiger partial charge in [0.1, 0.15) is 18.5 Å². The predicted octanol–water partition coefficient (Wildman–Crippen LogP) is 2.73. The standard InChI is InChI=1S/C23H30N2O4/c1-3-28-23(27)19-7-9-22(10-8-19)29-17-21(26)16-24-11-13-25(14-12-24)20-6-4-5-18(2)15-20/h4-10,15,21,26H,3,11-14,16-17H2,1-2H3. The fraction of sp³-hybridized carbons (Fsp3) is 0.435. The first-order valence-corrected chi connectivity index (χ1v) is 10.2. The van der Waals surface area contributed by atoms with Gasteiger partial charge in [0.15, 0.2) is 0 Å². The van der Waals surface area contributed by atoms with Gasteiger partial charge in [-0.1, -0.05) is 12.1 Å². The molecule has 6 heteroatoms. The summed E-state index contributed by atoms with van der Waals surface area (Å²) in [5, 5.41) is 10.3. The van der Waals surface area contributed by atoms with E-state index in [1.807, 2.05) is 0 Å². The van der Waals surface area contributed by atoms with Gasteiger partial charge in [-0.25, -0.2) is 4.79 Å². The third-order valence-electron chi connectivity index (χ3n) is 5.02. The number of aliphatic hydroxyl groups excluding tert-OH is 1. The minimum absolute atomic E-state index is 0.219. The van der Waals surface area contributed by atoms with Crippen molar-refractivity contribution in [3.8, 4) is 5.75 Å². The average Bonchev–Trinajstić information content (AvgIpc) is 2.73. The number of nitrogens with zero attached hydrogens (tertiary/aromatic N) is 2. The lowest BCUT2D eigenvalue weighted by molar-refractivity contribution is 0.0525. The van der Waals surface area contributed by atoms with Gasteiger partial charge in [-0.2, -0.15) is 0 Å². The van der Waals surface area contributed by atoms with E-state index in [2.05, 4.69) is 41.0 Å². The molecule has 0 saturated carbocycles. The molecule has 3 rings (SSSR count). The highest BCUT2D eigenvalue weighted by Gasteiger charge is 2.20. The number of ether oxygens (including phenoxy) is 2. The fourth-order valence-electron chi connectivity index (χ4n) is 3.46. The number of hydrogen-bond acceptors (Lipinski definition) is 6.